The summed E-state index contributed by atoms with van der Waals surface area (Å²) in [5, 5.41) is 0. The van der Waals surface area contributed by atoms with Gasteiger partial charge >= 0.3 is 5.97 Å². The summed E-state index contributed by atoms with van der Waals surface area (Å²) in [6.45, 7) is 21.5. The molecule has 0 aromatic carbocycles. The molecule has 0 saturated heterocycles. The van der Waals surface area contributed by atoms with E-state index < -0.39 is 0 Å². The number of esters is 1. The highest BCUT2D eigenvalue weighted by atomic mass is 35.5. The van der Waals surface area contributed by atoms with Gasteiger partial charge in [0.15, 0.2) is 0 Å². The lowest BCUT2D eigenvalue weighted by molar-refractivity contribution is -0.153. The van der Waals surface area contributed by atoms with E-state index in [-0.39, 0.29) is 72.1 Å². The number of ether oxygens (including phenoxy) is 1. The Bertz CT molecular complexity index is 1100. The van der Waals surface area contributed by atoms with Gasteiger partial charge < -0.3 is 21.1 Å². The van der Waals surface area contributed by atoms with E-state index >= 15 is 0 Å². The zero-order valence-corrected chi connectivity index (χ0v) is 34.4. The number of nitrogens with zero attached hydrogens (tertiary/aromatic N) is 1. The minimum atomic E-state index is -0.360. The predicted molar refractivity (Wildman–Crippen MR) is 209 cm³/mol. The molecule has 4 rings (SSSR count). The van der Waals surface area contributed by atoms with Gasteiger partial charge in [0.05, 0.1) is 6.42 Å². The second kappa shape index (κ2) is 17.8. The lowest BCUT2D eigenvalue weighted by Crippen LogP contribution is -2.51. The molecule has 0 bridgehead atoms. The number of amides is 1. The number of rotatable bonds is 15. The first-order valence-electron chi connectivity index (χ1n) is 19.6. The smallest absolute Gasteiger partial charge is 0.306 e. The maximum absolute atomic E-state index is 13.2. The largest absolute Gasteiger partial charge is 0.462 e. The Hall–Kier alpha value is -0.820. The summed E-state index contributed by atoms with van der Waals surface area (Å²) in [4.78, 5) is 28.1. The average Bonchev–Trinajstić information content (AvgIpc) is 3.32. The normalized spacial score (nSPS) is 31.7. The van der Waals surface area contributed by atoms with Crippen LogP contribution in [0, 0.1) is 46.3 Å². The van der Waals surface area contributed by atoms with E-state index in [4.69, 9.17) is 16.2 Å². The minimum Gasteiger partial charge on any atom is -0.462 e. The highest BCUT2D eigenvalue weighted by molar-refractivity contribution is 5.85. The predicted octanol–water partition coefficient (Wildman–Crippen LogP) is 9.65. The van der Waals surface area contributed by atoms with Gasteiger partial charge in [-0.1, -0.05) is 65.5 Å². The molecule has 3 saturated carbocycles. The third-order valence-electron chi connectivity index (χ3n) is 13.5. The van der Waals surface area contributed by atoms with Gasteiger partial charge in [0.1, 0.15) is 6.10 Å². The van der Waals surface area contributed by atoms with E-state index in [9.17, 15) is 9.59 Å². The van der Waals surface area contributed by atoms with Crippen LogP contribution in [-0.2, 0) is 14.3 Å². The summed E-state index contributed by atoms with van der Waals surface area (Å²) in [5.74, 6) is 4.69. The Morgan fingerprint density at radius 1 is 0.898 bits per heavy atom. The van der Waals surface area contributed by atoms with Crippen LogP contribution in [0.1, 0.15) is 159 Å². The molecular weight excluding hydrogens is 653 g/mol. The fourth-order valence-corrected chi connectivity index (χ4v) is 10.6. The van der Waals surface area contributed by atoms with Crippen LogP contribution in [0.2, 0.25) is 0 Å². The molecular formula is C41H75Cl2N3O3. The molecule has 4 aliphatic rings. The van der Waals surface area contributed by atoms with Gasteiger partial charge in [-0.3, -0.25) is 9.59 Å². The van der Waals surface area contributed by atoms with Crippen molar-refractivity contribution in [3.8, 4) is 0 Å². The van der Waals surface area contributed by atoms with Crippen LogP contribution in [0.4, 0.5) is 0 Å². The van der Waals surface area contributed by atoms with Crippen LogP contribution in [0.3, 0.4) is 0 Å². The Kier molecular flexibility index (Phi) is 16.1. The standard InChI is InChI=1S/C41H73N3O3.2ClH/c1-28(2)11-10-12-29(3)33-15-16-34-32-14-13-30-27-31(19-21-40(30,8)35(32)20-22-41(33,34)9)47-37(46)18-17-36(45)44(25-23-38(4,5)42)26-24-39(6,7)43;;/h13,28-29,31-35H,10-12,14-27,42-43H2,1-9H3;2*1H/t29-,31+,32+,33-,34+,35+,40+,41-;;/m1../s1. The van der Waals surface area contributed by atoms with Crippen LogP contribution in [0.15, 0.2) is 11.6 Å². The van der Waals surface area contributed by atoms with E-state index in [1.165, 1.54) is 51.4 Å². The van der Waals surface area contributed by atoms with Crippen molar-refractivity contribution >= 4 is 36.7 Å². The van der Waals surface area contributed by atoms with Crippen molar-refractivity contribution in [3.63, 3.8) is 0 Å². The van der Waals surface area contributed by atoms with Crippen molar-refractivity contribution in [2.24, 2.45) is 57.8 Å². The maximum atomic E-state index is 13.2. The highest BCUT2D eigenvalue weighted by Gasteiger charge is 2.59. The van der Waals surface area contributed by atoms with E-state index in [1.54, 1.807) is 5.57 Å². The van der Waals surface area contributed by atoms with Crippen LogP contribution in [0.25, 0.3) is 0 Å². The van der Waals surface area contributed by atoms with Crippen molar-refractivity contribution in [3.05, 3.63) is 11.6 Å². The molecule has 286 valence electrons. The van der Waals surface area contributed by atoms with E-state index in [0.29, 0.717) is 31.3 Å². The molecule has 0 aromatic heterocycles. The van der Waals surface area contributed by atoms with Gasteiger partial charge in [0.2, 0.25) is 5.91 Å². The number of hydrogen-bond acceptors (Lipinski definition) is 5. The summed E-state index contributed by atoms with van der Waals surface area (Å²) >= 11 is 0. The highest BCUT2D eigenvalue weighted by Crippen LogP contribution is 2.67. The lowest BCUT2D eigenvalue weighted by Gasteiger charge is -2.58. The van der Waals surface area contributed by atoms with Crippen molar-refractivity contribution in [2.45, 2.75) is 176 Å². The van der Waals surface area contributed by atoms with E-state index in [2.05, 4.69) is 40.7 Å². The van der Waals surface area contributed by atoms with Gasteiger partial charge in [0.25, 0.3) is 0 Å². The molecule has 49 heavy (non-hydrogen) atoms. The van der Waals surface area contributed by atoms with Crippen LogP contribution < -0.4 is 11.5 Å². The molecule has 8 heteroatoms. The third-order valence-corrected chi connectivity index (χ3v) is 13.5. The Morgan fingerprint density at radius 2 is 1.53 bits per heavy atom. The maximum Gasteiger partial charge on any atom is 0.306 e. The Balaban J connectivity index is 0.00000417. The number of fused-ring (bicyclic) bond motifs is 5. The molecule has 1 amide bonds. The molecule has 0 aromatic rings. The monoisotopic (exact) mass is 728 g/mol. The first-order valence-corrected chi connectivity index (χ1v) is 19.6. The average molecular weight is 729 g/mol. The van der Waals surface area contributed by atoms with Crippen molar-refractivity contribution in [1.29, 1.82) is 0 Å². The molecule has 4 aliphatic carbocycles. The topological polar surface area (TPSA) is 98.7 Å². The number of hydrogen-bond donors (Lipinski definition) is 2. The van der Waals surface area contributed by atoms with Crippen molar-refractivity contribution < 1.29 is 14.3 Å². The van der Waals surface area contributed by atoms with Crippen LogP contribution >= 0.6 is 24.8 Å². The summed E-state index contributed by atoms with van der Waals surface area (Å²) in [6, 6.07) is 0. The van der Waals surface area contributed by atoms with Crippen molar-refractivity contribution in [2.75, 3.05) is 13.1 Å². The lowest BCUT2D eigenvalue weighted by atomic mass is 9.47. The van der Waals surface area contributed by atoms with Crippen LogP contribution in [-0.4, -0.2) is 47.0 Å². The molecule has 4 N–H and O–H groups in total. The summed E-state index contributed by atoms with van der Waals surface area (Å²) in [5.41, 5.74) is 14.0. The van der Waals surface area contributed by atoms with Gasteiger partial charge in [-0.2, -0.15) is 0 Å². The first-order chi connectivity index (χ1) is 21.8. The zero-order valence-electron chi connectivity index (χ0n) is 32.8. The van der Waals surface area contributed by atoms with Gasteiger partial charge in [-0.25, -0.2) is 0 Å². The summed E-state index contributed by atoms with van der Waals surface area (Å²) in [6.07, 6.45) is 18.0. The quantitative estimate of drug-likeness (QED) is 0.129. The SMILES string of the molecule is CC(C)CCC[C@@H](C)[C@H]1CC[C@H]2[C@@H]3CC=C4C[C@@H](OC(=O)CCC(=O)N(CCC(C)(C)N)CCC(C)(C)N)CC[C@]4(C)[C@H]3CC[C@]12C.Cl.Cl. The number of allylic oxidation sites excluding steroid dienone is 1. The van der Waals surface area contributed by atoms with E-state index in [0.717, 1.165) is 54.8 Å². The van der Waals surface area contributed by atoms with Crippen LogP contribution in [0.5, 0.6) is 0 Å². The molecule has 0 aliphatic heterocycles. The molecule has 0 radical (unpaired) electrons. The number of nitrogens with two attached hydrogens (primary N) is 2. The molecule has 3 fully saturated rings. The second-order valence-electron chi connectivity index (χ2n) is 19.0. The number of carbonyl (C=O) groups excluding carboxylic acids is 2. The van der Waals surface area contributed by atoms with Gasteiger partial charge in [-0.05, 0) is 132 Å². The number of carbonyl (C=O) groups is 2. The summed E-state index contributed by atoms with van der Waals surface area (Å²) in [7, 11) is 0. The number of halogens is 2. The zero-order chi connectivity index (χ0) is 34.8. The fourth-order valence-electron chi connectivity index (χ4n) is 10.6. The first kappa shape index (κ1) is 44.3. The van der Waals surface area contributed by atoms with Gasteiger partial charge in [-0.15, -0.1) is 24.8 Å². The minimum absolute atomic E-state index is 0. The molecule has 8 atom stereocenters. The molecule has 0 unspecified atom stereocenters. The Morgan fingerprint density at radius 3 is 2.12 bits per heavy atom. The van der Waals surface area contributed by atoms with E-state index in [1.807, 2.05) is 32.6 Å². The molecule has 0 heterocycles. The van der Waals surface area contributed by atoms with Crippen molar-refractivity contribution in [1.82, 2.24) is 4.90 Å². The summed E-state index contributed by atoms with van der Waals surface area (Å²) < 4.78 is 6.06. The Labute approximate surface area is 313 Å². The molecule has 6 nitrogen and oxygen atoms in total. The second-order valence-corrected chi connectivity index (χ2v) is 19.0. The van der Waals surface area contributed by atoms with Gasteiger partial charge in [0, 0.05) is 37.0 Å². The third kappa shape index (κ3) is 11.3. The molecule has 0 spiro atoms. The fraction of sp³-hybridized carbons (Fsp3) is 0.902.